The van der Waals surface area contributed by atoms with Crippen LogP contribution in [0.1, 0.15) is 52.9 Å². The first-order chi connectivity index (χ1) is 8.33. The molecule has 1 aliphatic carbocycles. The Morgan fingerprint density at radius 2 is 2.00 bits per heavy atom. The molecule has 4 heteroatoms. The lowest BCUT2D eigenvalue weighted by molar-refractivity contribution is -0.141. The van der Waals surface area contributed by atoms with E-state index in [2.05, 4.69) is 12.2 Å². The maximum absolute atomic E-state index is 11.9. The molecule has 0 unspecified atom stereocenters. The van der Waals surface area contributed by atoms with E-state index < -0.39 is 11.2 Å². The highest BCUT2D eigenvalue weighted by molar-refractivity contribution is 5.84. The highest BCUT2D eigenvalue weighted by Crippen LogP contribution is 2.33. The Kier molecular flexibility index (Phi) is 5.17. The number of ether oxygens (including phenoxy) is 1. The largest absolute Gasteiger partial charge is 0.388 e. The Balaban J connectivity index is 2.42. The monoisotopic (exact) mass is 257 g/mol. The van der Waals surface area contributed by atoms with Crippen molar-refractivity contribution in [1.29, 1.82) is 0 Å². The van der Waals surface area contributed by atoms with Gasteiger partial charge in [0.05, 0.1) is 5.60 Å². The van der Waals surface area contributed by atoms with Crippen LogP contribution in [0, 0.1) is 5.92 Å². The number of carbonyl (C=O) groups is 1. The van der Waals surface area contributed by atoms with Crippen molar-refractivity contribution in [3.63, 3.8) is 0 Å². The second kappa shape index (κ2) is 6.02. The maximum atomic E-state index is 11.9. The number of amides is 1. The fourth-order valence-corrected chi connectivity index (χ4v) is 2.35. The first kappa shape index (κ1) is 15.4. The van der Waals surface area contributed by atoms with Gasteiger partial charge in [-0.25, -0.2) is 0 Å². The van der Waals surface area contributed by atoms with Gasteiger partial charge in [-0.15, -0.1) is 0 Å². The highest BCUT2D eigenvalue weighted by Gasteiger charge is 2.35. The van der Waals surface area contributed by atoms with Crippen LogP contribution in [0.4, 0.5) is 0 Å². The predicted molar refractivity (Wildman–Crippen MR) is 71.3 cm³/mol. The summed E-state index contributed by atoms with van der Waals surface area (Å²) in [5.74, 6) is 0.562. The van der Waals surface area contributed by atoms with Gasteiger partial charge >= 0.3 is 0 Å². The van der Waals surface area contributed by atoms with Crippen molar-refractivity contribution >= 4 is 5.91 Å². The normalized spacial score (nSPS) is 29.1. The van der Waals surface area contributed by atoms with Crippen LogP contribution in [0.2, 0.25) is 0 Å². The second-order valence-corrected chi connectivity index (χ2v) is 5.97. The maximum Gasteiger partial charge on any atom is 0.251 e. The summed E-state index contributed by atoms with van der Waals surface area (Å²) in [4.78, 5) is 11.9. The van der Waals surface area contributed by atoms with E-state index in [1.54, 1.807) is 13.8 Å². The van der Waals surface area contributed by atoms with Gasteiger partial charge in [0.25, 0.3) is 5.91 Å². The molecule has 0 radical (unpaired) electrons. The van der Waals surface area contributed by atoms with E-state index in [0.717, 1.165) is 31.6 Å². The van der Waals surface area contributed by atoms with Crippen LogP contribution in [-0.2, 0) is 9.53 Å². The molecule has 2 N–H and O–H groups in total. The van der Waals surface area contributed by atoms with Crippen molar-refractivity contribution in [3.8, 4) is 0 Å². The van der Waals surface area contributed by atoms with Crippen molar-refractivity contribution in [1.82, 2.24) is 5.32 Å². The minimum Gasteiger partial charge on any atom is -0.388 e. The lowest BCUT2D eigenvalue weighted by atomic mass is 9.78. The third-order valence-corrected chi connectivity index (χ3v) is 4.25. The summed E-state index contributed by atoms with van der Waals surface area (Å²) in [6, 6.07) is 0. The molecule has 0 aliphatic heterocycles. The molecule has 0 saturated heterocycles. The third-order valence-electron chi connectivity index (χ3n) is 4.25. The van der Waals surface area contributed by atoms with Crippen molar-refractivity contribution < 1.29 is 14.6 Å². The van der Waals surface area contributed by atoms with Gasteiger partial charge in [0.1, 0.15) is 5.60 Å². The Morgan fingerprint density at radius 3 is 2.44 bits per heavy atom. The molecule has 0 spiro atoms. The summed E-state index contributed by atoms with van der Waals surface area (Å²) < 4.78 is 5.11. The quantitative estimate of drug-likeness (QED) is 0.790. The van der Waals surface area contributed by atoms with E-state index in [4.69, 9.17) is 4.74 Å². The smallest absolute Gasteiger partial charge is 0.251 e. The summed E-state index contributed by atoms with van der Waals surface area (Å²) in [6.07, 6.45) is 4.84. The number of hydrogen-bond donors (Lipinski definition) is 2. The fourth-order valence-electron chi connectivity index (χ4n) is 2.35. The van der Waals surface area contributed by atoms with Crippen molar-refractivity contribution in [2.75, 3.05) is 13.7 Å². The average molecular weight is 257 g/mol. The molecule has 1 aliphatic rings. The van der Waals surface area contributed by atoms with Crippen LogP contribution in [0.15, 0.2) is 0 Å². The van der Waals surface area contributed by atoms with E-state index >= 15 is 0 Å². The Bertz CT molecular complexity index is 281. The Hall–Kier alpha value is -0.610. The van der Waals surface area contributed by atoms with Gasteiger partial charge in [0, 0.05) is 13.7 Å². The van der Waals surface area contributed by atoms with E-state index in [1.165, 1.54) is 13.5 Å². The Labute approximate surface area is 110 Å². The molecule has 106 valence electrons. The van der Waals surface area contributed by atoms with E-state index in [9.17, 15) is 9.90 Å². The number of hydrogen-bond acceptors (Lipinski definition) is 3. The molecular weight excluding hydrogens is 230 g/mol. The van der Waals surface area contributed by atoms with Crippen LogP contribution >= 0.6 is 0 Å². The van der Waals surface area contributed by atoms with Gasteiger partial charge in [-0.2, -0.15) is 0 Å². The molecule has 0 aromatic rings. The molecule has 1 saturated carbocycles. The van der Waals surface area contributed by atoms with Gasteiger partial charge in [-0.05, 0) is 45.4 Å². The second-order valence-electron chi connectivity index (χ2n) is 5.97. The first-order valence-electron chi connectivity index (χ1n) is 6.89. The zero-order valence-corrected chi connectivity index (χ0v) is 12.1. The lowest BCUT2D eigenvalue weighted by Gasteiger charge is -2.36. The summed E-state index contributed by atoms with van der Waals surface area (Å²) in [6.45, 7) is 5.97. The zero-order valence-electron chi connectivity index (χ0n) is 12.1. The van der Waals surface area contributed by atoms with Crippen LogP contribution in [0.25, 0.3) is 0 Å². The lowest BCUT2D eigenvalue weighted by Crippen LogP contribution is -2.51. The van der Waals surface area contributed by atoms with Gasteiger partial charge in [-0.3, -0.25) is 4.79 Å². The number of aliphatic hydroxyl groups is 1. The minimum atomic E-state index is -0.836. The van der Waals surface area contributed by atoms with Crippen LogP contribution in [-0.4, -0.2) is 35.9 Å². The molecule has 0 heterocycles. The predicted octanol–water partition coefficient (Wildman–Crippen LogP) is 1.86. The summed E-state index contributed by atoms with van der Waals surface area (Å²) in [5, 5.41) is 13.2. The molecule has 0 aromatic heterocycles. The number of carbonyl (C=O) groups excluding carboxylic acids is 1. The van der Waals surface area contributed by atoms with Gasteiger partial charge in [0.15, 0.2) is 0 Å². The topological polar surface area (TPSA) is 58.6 Å². The fraction of sp³-hybridized carbons (Fsp3) is 0.929. The average Bonchev–Trinajstić information content (AvgIpc) is 2.37. The van der Waals surface area contributed by atoms with Crippen molar-refractivity contribution in [2.24, 2.45) is 5.92 Å². The molecule has 1 fully saturated rings. The van der Waals surface area contributed by atoms with Crippen LogP contribution < -0.4 is 5.32 Å². The van der Waals surface area contributed by atoms with E-state index in [1.807, 2.05) is 0 Å². The number of methoxy groups -OCH3 is 1. The SMILES string of the molecule is CCC1CCC(O)(CNC(=O)C(C)(C)OC)CC1. The molecule has 18 heavy (non-hydrogen) atoms. The first-order valence-corrected chi connectivity index (χ1v) is 6.89. The Morgan fingerprint density at radius 1 is 1.44 bits per heavy atom. The molecule has 1 rings (SSSR count). The molecule has 0 atom stereocenters. The molecule has 4 nitrogen and oxygen atoms in total. The molecule has 0 aromatic carbocycles. The van der Waals surface area contributed by atoms with Crippen molar-refractivity contribution in [3.05, 3.63) is 0 Å². The highest BCUT2D eigenvalue weighted by atomic mass is 16.5. The molecular formula is C14H27NO3. The number of rotatable bonds is 5. The zero-order chi connectivity index (χ0) is 13.8. The van der Waals surface area contributed by atoms with Crippen LogP contribution in [0.3, 0.4) is 0 Å². The molecule has 1 amide bonds. The van der Waals surface area contributed by atoms with Gasteiger partial charge in [-0.1, -0.05) is 13.3 Å². The summed E-state index contributed by atoms with van der Waals surface area (Å²) in [7, 11) is 1.51. The van der Waals surface area contributed by atoms with Gasteiger partial charge < -0.3 is 15.2 Å². The number of nitrogens with one attached hydrogen (secondary N) is 1. The third kappa shape index (κ3) is 3.95. The molecule has 0 bridgehead atoms. The van der Waals surface area contributed by atoms with E-state index in [0.29, 0.717) is 6.54 Å². The van der Waals surface area contributed by atoms with E-state index in [-0.39, 0.29) is 5.91 Å². The standard InChI is InChI=1S/C14H27NO3/c1-5-11-6-8-14(17,9-7-11)10-15-12(16)13(2,3)18-4/h11,17H,5-10H2,1-4H3,(H,15,16). The van der Waals surface area contributed by atoms with Gasteiger partial charge in [0.2, 0.25) is 0 Å². The summed E-state index contributed by atoms with van der Waals surface area (Å²) >= 11 is 0. The van der Waals surface area contributed by atoms with Crippen LogP contribution in [0.5, 0.6) is 0 Å². The minimum absolute atomic E-state index is 0.170. The van der Waals surface area contributed by atoms with Crippen molar-refractivity contribution in [2.45, 2.75) is 64.1 Å². The summed E-state index contributed by atoms with van der Waals surface area (Å²) in [5.41, 5.74) is -1.57.